The first-order chi connectivity index (χ1) is 9.43. The van der Waals surface area contributed by atoms with Crippen LogP contribution in [0, 0.1) is 11.7 Å². The van der Waals surface area contributed by atoms with Gasteiger partial charge in [0.25, 0.3) is 0 Å². The van der Waals surface area contributed by atoms with E-state index in [0.717, 1.165) is 0 Å². The maximum Gasteiger partial charge on any atom is 0.328 e. The highest BCUT2D eigenvalue weighted by Crippen LogP contribution is 2.06. The van der Waals surface area contributed by atoms with Crippen molar-refractivity contribution in [2.24, 2.45) is 5.92 Å². The average molecular weight is 279 g/mol. The van der Waals surface area contributed by atoms with Crippen molar-refractivity contribution in [3.63, 3.8) is 0 Å². The Balaban J connectivity index is 2.68. The van der Waals surface area contributed by atoms with E-state index in [2.05, 4.69) is 10.1 Å². The number of carbonyl (C=O) groups excluding carboxylic acids is 2. The van der Waals surface area contributed by atoms with Gasteiger partial charge in [-0.1, -0.05) is 26.0 Å². The summed E-state index contributed by atoms with van der Waals surface area (Å²) in [5.74, 6) is -1.39. The molecule has 0 saturated carbocycles. The second kappa shape index (κ2) is 7.43. The van der Waals surface area contributed by atoms with Crippen molar-refractivity contribution in [1.82, 2.24) is 5.32 Å². The number of esters is 1. The smallest absolute Gasteiger partial charge is 0.328 e. The number of nitrogens with one attached hydrogen (secondary N) is 1. The van der Waals surface area contributed by atoms with Crippen LogP contribution < -0.4 is 5.32 Å². The van der Waals surface area contributed by atoms with E-state index in [1.165, 1.54) is 31.4 Å². The van der Waals surface area contributed by atoms with Crippen LogP contribution >= 0.6 is 0 Å². The summed E-state index contributed by atoms with van der Waals surface area (Å²) >= 11 is 0. The zero-order valence-electron chi connectivity index (χ0n) is 11.7. The van der Waals surface area contributed by atoms with Crippen LogP contribution in [0.3, 0.4) is 0 Å². The summed E-state index contributed by atoms with van der Waals surface area (Å²) in [4.78, 5) is 23.2. The van der Waals surface area contributed by atoms with Crippen molar-refractivity contribution in [2.45, 2.75) is 19.9 Å². The van der Waals surface area contributed by atoms with Gasteiger partial charge in [-0.05, 0) is 29.7 Å². The summed E-state index contributed by atoms with van der Waals surface area (Å²) < 4.78 is 17.6. The molecular weight excluding hydrogens is 261 g/mol. The third kappa shape index (κ3) is 4.84. The minimum absolute atomic E-state index is 0.0889. The van der Waals surface area contributed by atoms with Gasteiger partial charge in [-0.25, -0.2) is 9.18 Å². The molecular formula is C15H18FNO3. The Morgan fingerprint density at radius 3 is 2.60 bits per heavy atom. The normalized spacial score (nSPS) is 12.4. The number of methoxy groups -OCH3 is 1. The van der Waals surface area contributed by atoms with E-state index in [1.807, 2.05) is 0 Å². The van der Waals surface area contributed by atoms with Crippen LogP contribution in [0.25, 0.3) is 6.08 Å². The van der Waals surface area contributed by atoms with Gasteiger partial charge in [0, 0.05) is 6.08 Å². The number of hydrogen-bond acceptors (Lipinski definition) is 3. The second-order valence-corrected chi connectivity index (χ2v) is 4.64. The molecule has 1 N–H and O–H groups in total. The molecule has 0 aliphatic carbocycles. The molecule has 0 fully saturated rings. The van der Waals surface area contributed by atoms with Crippen LogP contribution in [-0.2, 0) is 14.3 Å². The van der Waals surface area contributed by atoms with Gasteiger partial charge in [0.15, 0.2) is 0 Å². The summed E-state index contributed by atoms with van der Waals surface area (Å²) in [7, 11) is 1.27. The largest absolute Gasteiger partial charge is 0.467 e. The van der Waals surface area contributed by atoms with Gasteiger partial charge in [-0.2, -0.15) is 0 Å². The Hall–Kier alpha value is -2.17. The van der Waals surface area contributed by atoms with Gasteiger partial charge in [-0.3, -0.25) is 4.79 Å². The summed E-state index contributed by atoms with van der Waals surface area (Å²) in [5, 5.41) is 2.56. The Morgan fingerprint density at radius 2 is 2.05 bits per heavy atom. The number of amides is 1. The lowest BCUT2D eigenvalue weighted by atomic mass is 10.0. The van der Waals surface area contributed by atoms with Crippen LogP contribution in [0.15, 0.2) is 30.3 Å². The highest BCUT2D eigenvalue weighted by atomic mass is 19.1. The van der Waals surface area contributed by atoms with Crippen molar-refractivity contribution in [3.8, 4) is 0 Å². The second-order valence-electron chi connectivity index (χ2n) is 4.64. The summed E-state index contributed by atoms with van der Waals surface area (Å²) in [5.41, 5.74) is 0.569. The zero-order chi connectivity index (χ0) is 15.1. The van der Waals surface area contributed by atoms with E-state index in [4.69, 9.17) is 0 Å². The number of hydrogen-bond donors (Lipinski definition) is 1. The number of carbonyl (C=O) groups is 2. The third-order valence-electron chi connectivity index (χ3n) is 2.70. The molecule has 20 heavy (non-hydrogen) atoms. The Morgan fingerprint density at radius 1 is 1.35 bits per heavy atom. The van der Waals surface area contributed by atoms with Crippen LogP contribution in [0.1, 0.15) is 19.4 Å². The topological polar surface area (TPSA) is 55.4 Å². The Labute approximate surface area is 117 Å². The van der Waals surface area contributed by atoms with Crippen LogP contribution in [-0.4, -0.2) is 25.0 Å². The van der Waals surface area contributed by atoms with E-state index in [-0.39, 0.29) is 11.7 Å². The van der Waals surface area contributed by atoms with E-state index < -0.39 is 17.9 Å². The number of ether oxygens (including phenoxy) is 1. The van der Waals surface area contributed by atoms with Crippen molar-refractivity contribution >= 4 is 18.0 Å². The van der Waals surface area contributed by atoms with Crippen LogP contribution in [0.5, 0.6) is 0 Å². The van der Waals surface area contributed by atoms with Crippen molar-refractivity contribution in [3.05, 3.63) is 41.7 Å². The zero-order valence-corrected chi connectivity index (χ0v) is 11.7. The molecule has 0 unspecified atom stereocenters. The highest BCUT2D eigenvalue weighted by Gasteiger charge is 2.23. The highest BCUT2D eigenvalue weighted by molar-refractivity contribution is 5.94. The molecule has 0 aromatic heterocycles. The molecule has 1 aromatic carbocycles. The van der Waals surface area contributed by atoms with E-state index >= 15 is 0 Å². The molecule has 0 aliphatic heterocycles. The number of benzene rings is 1. The first-order valence-corrected chi connectivity index (χ1v) is 6.26. The fourth-order valence-corrected chi connectivity index (χ4v) is 1.61. The lowest BCUT2D eigenvalue weighted by molar-refractivity contribution is -0.145. The monoisotopic (exact) mass is 279 g/mol. The molecule has 0 aliphatic rings. The molecule has 4 nitrogen and oxygen atoms in total. The fourth-order valence-electron chi connectivity index (χ4n) is 1.61. The molecule has 0 spiro atoms. The summed E-state index contributed by atoms with van der Waals surface area (Å²) in [6, 6.07) is 5.16. The lowest BCUT2D eigenvalue weighted by Crippen LogP contribution is -2.44. The van der Waals surface area contributed by atoms with Gasteiger partial charge in [0.1, 0.15) is 11.9 Å². The Kier molecular flexibility index (Phi) is 5.90. The maximum atomic E-state index is 13.0. The Bertz CT molecular complexity index is 512. The van der Waals surface area contributed by atoms with E-state index in [0.29, 0.717) is 5.56 Å². The molecule has 5 heteroatoms. The minimum Gasteiger partial charge on any atom is -0.467 e. The molecule has 0 saturated heterocycles. The number of rotatable bonds is 5. The van der Waals surface area contributed by atoms with E-state index in [9.17, 15) is 14.0 Å². The van der Waals surface area contributed by atoms with E-state index in [1.54, 1.807) is 26.0 Å². The predicted molar refractivity (Wildman–Crippen MR) is 74.2 cm³/mol. The van der Waals surface area contributed by atoms with Gasteiger partial charge >= 0.3 is 5.97 Å². The first-order valence-electron chi connectivity index (χ1n) is 6.26. The molecule has 108 valence electrons. The fraction of sp³-hybridized carbons (Fsp3) is 0.333. The average Bonchev–Trinajstić information content (AvgIpc) is 2.41. The van der Waals surface area contributed by atoms with Gasteiger partial charge < -0.3 is 10.1 Å². The number of halogens is 1. The van der Waals surface area contributed by atoms with Gasteiger partial charge in [-0.15, -0.1) is 0 Å². The van der Waals surface area contributed by atoms with Gasteiger partial charge in [0.2, 0.25) is 5.91 Å². The lowest BCUT2D eigenvalue weighted by Gasteiger charge is -2.18. The third-order valence-corrected chi connectivity index (χ3v) is 2.70. The van der Waals surface area contributed by atoms with Gasteiger partial charge in [0.05, 0.1) is 7.11 Å². The SMILES string of the molecule is COC(=O)[C@@H](NC(=O)C=Cc1cccc(F)c1)C(C)C. The quantitative estimate of drug-likeness (QED) is 0.663. The molecule has 1 aromatic rings. The molecule has 0 bridgehead atoms. The van der Waals surface area contributed by atoms with Crippen LogP contribution in [0.4, 0.5) is 4.39 Å². The summed E-state index contributed by atoms with van der Waals surface area (Å²) in [6.07, 6.45) is 2.74. The van der Waals surface area contributed by atoms with Crippen molar-refractivity contribution < 1.29 is 18.7 Å². The molecule has 1 atom stereocenters. The maximum absolute atomic E-state index is 13.0. The molecule has 1 amide bonds. The first kappa shape index (κ1) is 15.9. The van der Waals surface area contributed by atoms with Crippen molar-refractivity contribution in [1.29, 1.82) is 0 Å². The molecule has 0 radical (unpaired) electrons. The van der Waals surface area contributed by atoms with Crippen LogP contribution in [0.2, 0.25) is 0 Å². The predicted octanol–water partition coefficient (Wildman–Crippen LogP) is 2.15. The molecule has 1 rings (SSSR count). The standard InChI is InChI=1S/C15H18FNO3/c1-10(2)14(15(19)20-3)17-13(18)8-7-11-5-4-6-12(16)9-11/h4-10,14H,1-3H3,(H,17,18)/t14-/m0/s1. The summed E-state index contributed by atoms with van der Waals surface area (Å²) in [6.45, 7) is 3.61. The van der Waals surface area contributed by atoms with Crippen molar-refractivity contribution in [2.75, 3.05) is 7.11 Å². The molecule has 0 heterocycles. The minimum atomic E-state index is -0.704.